The van der Waals surface area contributed by atoms with Gasteiger partial charge in [0.25, 0.3) is 0 Å². The van der Waals surface area contributed by atoms with Gasteiger partial charge in [-0.15, -0.1) is 11.8 Å². The van der Waals surface area contributed by atoms with Crippen molar-refractivity contribution in [2.24, 2.45) is 0 Å². The topological polar surface area (TPSA) is 26.3 Å². The van der Waals surface area contributed by atoms with Gasteiger partial charge in [-0.1, -0.05) is 53.4 Å². The summed E-state index contributed by atoms with van der Waals surface area (Å²) in [4.78, 5) is 13.1. The van der Waals surface area contributed by atoms with Crippen LogP contribution in [0, 0.1) is 0 Å². The molecule has 0 aromatic rings. The molecule has 1 unspecified atom stereocenters. The Morgan fingerprint density at radius 3 is 2.45 bits per heavy atom. The molecule has 0 spiro atoms. The Balaban J connectivity index is 2.41. The summed E-state index contributed by atoms with van der Waals surface area (Å²) in [5.41, 5.74) is 0. The number of unbranched alkanes of at least 4 members (excludes halogenated alkanes) is 4. The molecule has 2 nitrogen and oxygen atoms in total. The Morgan fingerprint density at radius 2 is 1.86 bits per heavy atom. The number of carbonyl (C=O) groups excluding carboxylic acids is 1. The van der Waals surface area contributed by atoms with E-state index in [-0.39, 0.29) is 16.9 Å². The highest BCUT2D eigenvalue weighted by molar-refractivity contribution is 8.04. The molecular formula is C18H34O2SSi. The van der Waals surface area contributed by atoms with Crippen molar-refractivity contribution in [3.8, 4) is 0 Å². The fraction of sp³-hybridized carbons (Fsp3) is 0.833. The minimum atomic E-state index is -1.79. The summed E-state index contributed by atoms with van der Waals surface area (Å²) in [5.74, 6) is 1.34. The van der Waals surface area contributed by atoms with Crippen molar-refractivity contribution >= 4 is 25.9 Å². The normalized spacial score (nSPS) is 19.6. The molecule has 0 N–H and O–H groups in total. The van der Waals surface area contributed by atoms with Crippen molar-refractivity contribution in [1.29, 1.82) is 0 Å². The fourth-order valence-corrected chi connectivity index (χ4v) is 4.57. The third kappa shape index (κ3) is 6.21. The maximum atomic E-state index is 12.1. The van der Waals surface area contributed by atoms with E-state index < -0.39 is 8.32 Å². The highest BCUT2D eigenvalue weighted by Gasteiger charge is 2.40. The van der Waals surface area contributed by atoms with Gasteiger partial charge in [0.2, 0.25) is 0 Å². The quantitative estimate of drug-likeness (QED) is 0.383. The van der Waals surface area contributed by atoms with E-state index in [0.717, 1.165) is 10.7 Å². The molecule has 0 amide bonds. The second kappa shape index (κ2) is 8.70. The van der Waals surface area contributed by atoms with E-state index in [0.29, 0.717) is 6.42 Å². The lowest BCUT2D eigenvalue weighted by molar-refractivity contribution is -0.115. The SMILES string of the molecule is CCCCCCCSC1=CC(O[Si](C)(C)C(C)(C)C)CC1=O. The van der Waals surface area contributed by atoms with Gasteiger partial charge in [-0.05, 0) is 36.4 Å². The molecular weight excluding hydrogens is 308 g/mol. The minimum absolute atomic E-state index is 0.0102. The first-order chi connectivity index (χ1) is 10.2. The Labute approximate surface area is 142 Å². The molecule has 0 bridgehead atoms. The maximum Gasteiger partial charge on any atom is 0.192 e. The summed E-state index contributed by atoms with van der Waals surface area (Å²) in [7, 11) is -1.79. The van der Waals surface area contributed by atoms with Crippen LogP contribution in [0.3, 0.4) is 0 Å². The largest absolute Gasteiger partial charge is 0.410 e. The molecule has 4 heteroatoms. The third-order valence-corrected chi connectivity index (χ3v) is 10.4. The monoisotopic (exact) mass is 342 g/mol. The van der Waals surface area contributed by atoms with Crippen molar-refractivity contribution in [1.82, 2.24) is 0 Å². The van der Waals surface area contributed by atoms with Crippen LogP contribution in [0.4, 0.5) is 0 Å². The number of ketones is 1. The van der Waals surface area contributed by atoms with E-state index in [4.69, 9.17) is 4.43 Å². The van der Waals surface area contributed by atoms with Gasteiger partial charge >= 0.3 is 0 Å². The first-order valence-electron chi connectivity index (χ1n) is 8.73. The van der Waals surface area contributed by atoms with E-state index in [1.165, 1.54) is 32.1 Å². The molecule has 0 aromatic carbocycles. The predicted octanol–water partition coefficient (Wildman–Crippen LogP) is 5.94. The zero-order valence-electron chi connectivity index (χ0n) is 15.3. The van der Waals surface area contributed by atoms with Gasteiger partial charge in [0, 0.05) is 11.3 Å². The first-order valence-corrected chi connectivity index (χ1v) is 12.6. The summed E-state index contributed by atoms with van der Waals surface area (Å²) >= 11 is 1.73. The lowest BCUT2D eigenvalue weighted by Gasteiger charge is -2.37. The van der Waals surface area contributed by atoms with Crippen molar-refractivity contribution in [3.05, 3.63) is 11.0 Å². The van der Waals surface area contributed by atoms with E-state index >= 15 is 0 Å². The van der Waals surface area contributed by atoms with Crippen molar-refractivity contribution in [2.75, 3.05) is 5.75 Å². The second-order valence-electron chi connectivity index (χ2n) is 7.84. The second-order valence-corrected chi connectivity index (χ2v) is 13.7. The van der Waals surface area contributed by atoms with Crippen LogP contribution in [0.5, 0.6) is 0 Å². The fourth-order valence-electron chi connectivity index (χ4n) is 2.25. The number of hydrogen-bond acceptors (Lipinski definition) is 3. The van der Waals surface area contributed by atoms with Gasteiger partial charge in [-0.2, -0.15) is 0 Å². The highest BCUT2D eigenvalue weighted by Crippen LogP contribution is 2.39. The van der Waals surface area contributed by atoms with Gasteiger partial charge in [0.1, 0.15) is 0 Å². The van der Waals surface area contributed by atoms with Crippen LogP contribution < -0.4 is 0 Å². The molecule has 0 heterocycles. The van der Waals surface area contributed by atoms with E-state index in [1.54, 1.807) is 11.8 Å². The molecule has 0 saturated carbocycles. The van der Waals surface area contributed by atoms with Crippen LogP contribution in [-0.2, 0) is 9.22 Å². The maximum absolute atomic E-state index is 12.1. The smallest absolute Gasteiger partial charge is 0.192 e. The number of rotatable bonds is 9. The molecule has 128 valence electrons. The zero-order chi connectivity index (χ0) is 16.8. The number of hydrogen-bond donors (Lipinski definition) is 0. The molecule has 0 aliphatic heterocycles. The first kappa shape index (κ1) is 20.0. The van der Waals surface area contributed by atoms with Gasteiger partial charge in [0.15, 0.2) is 14.1 Å². The predicted molar refractivity (Wildman–Crippen MR) is 101 cm³/mol. The summed E-state index contributed by atoms with van der Waals surface area (Å²) in [6, 6.07) is 0. The van der Waals surface area contributed by atoms with Crippen LogP contribution in [0.1, 0.15) is 66.2 Å². The number of thioether (sulfide) groups is 1. The van der Waals surface area contributed by atoms with Crippen molar-refractivity contribution in [2.45, 2.75) is 90.5 Å². The Bertz CT molecular complexity index is 396. The third-order valence-electron chi connectivity index (χ3n) is 4.76. The summed E-state index contributed by atoms with van der Waals surface area (Å²) in [6.07, 6.45) is 9.06. The lowest BCUT2D eigenvalue weighted by atomic mass is 10.2. The van der Waals surface area contributed by atoms with Crippen LogP contribution in [-0.4, -0.2) is 26.0 Å². The summed E-state index contributed by atoms with van der Waals surface area (Å²) in [5, 5.41) is 0.194. The van der Waals surface area contributed by atoms with Gasteiger partial charge in [0.05, 0.1) is 6.10 Å². The molecule has 1 rings (SSSR count). The standard InChI is InChI=1S/C18H34O2SSi/c1-7-8-9-10-11-12-21-17-14-15(13-16(17)19)20-22(5,6)18(2,3)4/h14-15H,7-13H2,1-6H3. The van der Waals surface area contributed by atoms with Crippen LogP contribution in [0.15, 0.2) is 11.0 Å². The number of allylic oxidation sites excluding steroid dienone is 1. The van der Waals surface area contributed by atoms with E-state index in [9.17, 15) is 4.79 Å². The lowest BCUT2D eigenvalue weighted by Crippen LogP contribution is -2.43. The van der Waals surface area contributed by atoms with E-state index in [1.807, 2.05) is 0 Å². The molecule has 1 aliphatic rings. The van der Waals surface area contributed by atoms with Crippen molar-refractivity contribution in [3.63, 3.8) is 0 Å². The number of Topliss-reactive ketones (excluding diaryl/α,β-unsaturated/α-hetero) is 1. The Hall–Kier alpha value is -0.0631. The summed E-state index contributed by atoms with van der Waals surface area (Å²) in [6.45, 7) is 13.5. The Morgan fingerprint density at radius 1 is 1.23 bits per heavy atom. The Kier molecular flexibility index (Phi) is 7.90. The van der Waals surface area contributed by atoms with Gasteiger partial charge in [-0.3, -0.25) is 4.79 Å². The minimum Gasteiger partial charge on any atom is -0.410 e. The van der Waals surface area contributed by atoms with Crippen LogP contribution in [0.25, 0.3) is 0 Å². The molecule has 0 saturated heterocycles. The number of carbonyl (C=O) groups is 1. The average Bonchev–Trinajstić information content (AvgIpc) is 2.72. The van der Waals surface area contributed by atoms with E-state index in [2.05, 4.69) is 46.9 Å². The molecule has 1 atom stereocenters. The van der Waals surface area contributed by atoms with Gasteiger partial charge in [-0.25, -0.2) is 0 Å². The van der Waals surface area contributed by atoms with Crippen LogP contribution >= 0.6 is 11.8 Å². The van der Waals surface area contributed by atoms with Crippen LogP contribution in [0.2, 0.25) is 18.1 Å². The molecule has 0 fully saturated rings. The zero-order valence-corrected chi connectivity index (χ0v) is 17.1. The molecule has 0 radical (unpaired) electrons. The van der Waals surface area contributed by atoms with Crippen molar-refractivity contribution < 1.29 is 9.22 Å². The molecule has 22 heavy (non-hydrogen) atoms. The highest BCUT2D eigenvalue weighted by atomic mass is 32.2. The average molecular weight is 343 g/mol. The molecule has 1 aliphatic carbocycles. The van der Waals surface area contributed by atoms with Gasteiger partial charge < -0.3 is 4.43 Å². The summed E-state index contributed by atoms with van der Waals surface area (Å²) < 4.78 is 6.35. The molecule has 0 aromatic heterocycles.